The number of halogens is 1. The molecule has 2 nitrogen and oxygen atoms in total. The van der Waals surface area contributed by atoms with Gasteiger partial charge in [-0.2, -0.15) is 0 Å². The fourth-order valence-corrected chi connectivity index (χ4v) is 1.03. The Balaban J connectivity index is 0.000000371. The van der Waals surface area contributed by atoms with Crippen molar-refractivity contribution in [3.8, 4) is 0 Å². The second-order valence-electron chi connectivity index (χ2n) is 2.64. The maximum atomic E-state index is 9.50. The van der Waals surface area contributed by atoms with Crippen molar-refractivity contribution in [2.45, 2.75) is 18.9 Å². The van der Waals surface area contributed by atoms with E-state index in [1.165, 1.54) is 25.9 Å². The van der Waals surface area contributed by atoms with Crippen LogP contribution in [0.5, 0.6) is 0 Å². The number of rotatable bonds is 0. The molecule has 2 N–H and O–H groups in total. The summed E-state index contributed by atoms with van der Waals surface area (Å²) in [6.07, 6.45) is 2.35. The topological polar surface area (TPSA) is 29.3 Å². The van der Waals surface area contributed by atoms with Crippen LogP contribution in [0.15, 0.2) is 0 Å². The molecule has 0 aromatic rings. The molecular formula is C7H17FN2. The molecule has 0 unspecified atom stereocenters. The lowest BCUT2D eigenvalue weighted by atomic mass is 10.1. The third kappa shape index (κ3) is 3.80. The molecule has 1 aliphatic heterocycles. The highest BCUT2D eigenvalue weighted by Crippen LogP contribution is 2.04. The molecule has 10 heavy (non-hydrogen) atoms. The fraction of sp³-hybridized carbons (Fsp3) is 1.00. The molecule has 0 amide bonds. The predicted molar refractivity (Wildman–Crippen MR) is 41.7 cm³/mol. The highest BCUT2D eigenvalue weighted by Gasteiger charge is 2.10. The molecule has 0 atom stereocenters. The van der Waals surface area contributed by atoms with Crippen LogP contribution >= 0.6 is 0 Å². The molecule has 3 heteroatoms. The summed E-state index contributed by atoms with van der Waals surface area (Å²) in [5, 5.41) is 0. The van der Waals surface area contributed by atoms with Crippen molar-refractivity contribution in [3.63, 3.8) is 0 Å². The van der Waals surface area contributed by atoms with Crippen molar-refractivity contribution in [3.05, 3.63) is 0 Å². The molecule has 0 bridgehead atoms. The van der Waals surface area contributed by atoms with E-state index in [1.807, 2.05) is 0 Å². The molecule has 0 aromatic carbocycles. The normalized spacial score (nSPS) is 21.6. The van der Waals surface area contributed by atoms with Gasteiger partial charge in [-0.05, 0) is 33.0 Å². The van der Waals surface area contributed by atoms with Gasteiger partial charge in [0.2, 0.25) is 0 Å². The first-order valence-electron chi connectivity index (χ1n) is 3.61. The predicted octanol–water partition coefficient (Wildman–Crippen LogP) is 0.625. The Hall–Kier alpha value is -0.150. The highest BCUT2D eigenvalue weighted by molar-refractivity contribution is 4.70. The van der Waals surface area contributed by atoms with Gasteiger partial charge in [-0.25, -0.2) is 0 Å². The number of piperidine rings is 1. The molecule has 0 aliphatic carbocycles. The monoisotopic (exact) mass is 148 g/mol. The van der Waals surface area contributed by atoms with E-state index in [0.717, 1.165) is 0 Å². The Morgan fingerprint density at radius 3 is 2.00 bits per heavy atom. The van der Waals surface area contributed by atoms with Gasteiger partial charge in [0.05, 0.1) is 7.18 Å². The van der Waals surface area contributed by atoms with E-state index < -0.39 is 0 Å². The molecule has 62 valence electrons. The second-order valence-corrected chi connectivity index (χ2v) is 2.64. The van der Waals surface area contributed by atoms with Gasteiger partial charge < -0.3 is 10.6 Å². The number of hydrogen-bond donors (Lipinski definition) is 1. The second kappa shape index (κ2) is 5.62. The largest absolute Gasteiger partial charge is 0.328 e. The van der Waals surface area contributed by atoms with Crippen LogP contribution in [0, 0.1) is 0 Å². The lowest BCUT2D eigenvalue weighted by Gasteiger charge is -2.25. The van der Waals surface area contributed by atoms with Gasteiger partial charge in [0.1, 0.15) is 0 Å². The summed E-state index contributed by atoms with van der Waals surface area (Å²) in [6.45, 7) is 2.36. The molecule has 0 radical (unpaired) electrons. The Kier molecular flexibility index (Phi) is 5.54. The zero-order chi connectivity index (χ0) is 7.98. The minimum absolute atomic E-state index is 0.478. The van der Waals surface area contributed by atoms with Crippen molar-refractivity contribution < 1.29 is 4.39 Å². The first kappa shape index (κ1) is 9.85. The molecule has 0 spiro atoms. The van der Waals surface area contributed by atoms with Crippen LogP contribution in [0.3, 0.4) is 0 Å². The third-order valence-electron chi connectivity index (χ3n) is 1.76. The summed E-state index contributed by atoms with van der Waals surface area (Å²) in [5.74, 6) is 0. The number of nitrogens with two attached hydrogens (primary N) is 1. The summed E-state index contributed by atoms with van der Waals surface area (Å²) in [4.78, 5) is 2.32. The van der Waals surface area contributed by atoms with E-state index >= 15 is 0 Å². The van der Waals surface area contributed by atoms with E-state index in [1.54, 1.807) is 0 Å². The molecular weight excluding hydrogens is 131 g/mol. The Morgan fingerprint density at radius 1 is 1.30 bits per heavy atom. The zero-order valence-corrected chi connectivity index (χ0v) is 6.81. The van der Waals surface area contributed by atoms with E-state index in [9.17, 15) is 4.39 Å². The average molecular weight is 148 g/mol. The van der Waals surface area contributed by atoms with Crippen molar-refractivity contribution in [2.75, 3.05) is 27.3 Å². The summed E-state index contributed by atoms with van der Waals surface area (Å²) in [5.41, 5.74) is 5.67. The maximum absolute atomic E-state index is 9.50. The average Bonchev–Trinajstić information content (AvgIpc) is 2.00. The fourth-order valence-electron chi connectivity index (χ4n) is 1.03. The third-order valence-corrected chi connectivity index (χ3v) is 1.76. The summed E-state index contributed by atoms with van der Waals surface area (Å²) in [6, 6.07) is 0.478. The van der Waals surface area contributed by atoms with Gasteiger partial charge in [-0.3, -0.25) is 4.39 Å². The zero-order valence-electron chi connectivity index (χ0n) is 6.81. The van der Waals surface area contributed by atoms with Crippen LogP contribution in [0.1, 0.15) is 12.8 Å². The number of likely N-dealkylation sites (tertiary alicyclic amines) is 1. The quantitative estimate of drug-likeness (QED) is 0.546. The van der Waals surface area contributed by atoms with E-state index in [-0.39, 0.29) is 0 Å². The molecule has 1 heterocycles. The summed E-state index contributed by atoms with van der Waals surface area (Å²) < 4.78 is 9.50. The van der Waals surface area contributed by atoms with Crippen LogP contribution in [-0.2, 0) is 0 Å². The van der Waals surface area contributed by atoms with Crippen molar-refractivity contribution in [1.82, 2.24) is 4.90 Å². The van der Waals surface area contributed by atoms with E-state index in [0.29, 0.717) is 13.2 Å². The highest BCUT2D eigenvalue weighted by atomic mass is 19.1. The minimum atomic E-state index is 0.478. The van der Waals surface area contributed by atoms with Crippen molar-refractivity contribution >= 4 is 0 Å². The van der Waals surface area contributed by atoms with Crippen molar-refractivity contribution in [2.24, 2.45) is 5.73 Å². The van der Waals surface area contributed by atoms with Gasteiger partial charge in [0, 0.05) is 6.04 Å². The lowest BCUT2D eigenvalue weighted by molar-refractivity contribution is 0.256. The lowest BCUT2D eigenvalue weighted by Crippen LogP contribution is -2.37. The van der Waals surface area contributed by atoms with E-state index in [4.69, 9.17) is 5.73 Å². The first-order chi connectivity index (χ1) is 4.79. The smallest absolute Gasteiger partial charge is 0.0785 e. The standard InChI is InChI=1S/C6H14N2.CH3F/c1-8-4-2-6(7)3-5-8;1-2/h6H,2-5,7H2,1H3;1H3. The molecule has 1 fully saturated rings. The van der Waals surface area contributed by atoms with Gasteiger partial charge in [-0.1, -0.05) is 0 Å². The molecule has 0 saturated carbocycles. The van der Waals surface area contributed by atoms with Gasteiger partial charge in [-0.15, -0.1) is 0 Å². The maximum Gasteiger partial charge on any atom is 0.0785 e. The van der Waals surface area contributed by atoms with Crippen LogP contribution in [-0.4, -0.2) is 38.3 Å². The first-order valence-corrected chi connectivity index (χ1v) is 3.61. The Morgan fingerprint density at radius 2 is 1.70 bits per heavy atom. The number of alkyl halides is 1. The molecule has 1 rings (SSSR count). The van der Waals surface area contributed by atoms with Gasteiger partial charge >= 0.3 is 0 Å². The van der Waals surface area contributed by atoms with Crippen molar-refractivity contribution in [1.29, 1.82) is 0 Å². The molecule has 1 saturated heterocycles. The Bertz CT molecular complexity index is 60.0. The SMILES string of the molecule is CF.CN1CCC(N)CC1. The minimum Gasteiger partial charge on any atom is -0.328 e. The number of nitrogens with zero attached hydrogens (tertiary/aromatic N) is 1. The summed E-state index contributed by atoms with van der Waals surface area (Å²) in [7, 11) is 2.64. The van der Waals surface area contributed by atoms with Gasteiger partial charge in [0.15, 0.2) is 0 Å². The Labute approximate surface area is 62.2 Å². The van der Waals surface area contributed by atoms with Crippen LogP contribution in [0.25, 0.3) is 0 Å². The van der Waals surface area contributed by atoms with Crippen LogP contribution in [0.4, 0.5) is 4.39 Å². The molecule has 0 aromatic heterocycles. The van der Waals surface area contributed by atoms with E-state index in [2.05, 4.69) is 11.9 Å². The van der Waals surface area contributed by atoms with Crippen LogP contribution in [0.2, 0.25) is 0 Å². The number of hydrogen-bond acceptors (Lipinski definition) is 2. The summed E-state index contributed by atoms with van der Waals surface area (Å²) >= 11 is 0. The van der Waals surface area contributed by atoms with Gasteiger partial charge in [0.25, 0.3) is 0 Å². The van der Waals surface area contributed by atoms with Crippen LogP contribution < -0.4 is 5.73 Å². The molecule has 1 aliphatic rings.